The van der Waals surface area contributed by atoms with E-state index in [1.807, 2.05) is 0 Å². The molecule has 2 aromatic rings. The maximum Gasteiger partial charge on any atom is 0.230 e. The van der Waals surface area contributed by atoms with Crippen molar-refractivity contribution in [2.24, 2.45) is 0 Å². The third-order valence-corrected chi connectivity index (χ3v) is 4.09. The second kappa shape index (κ2) is 5.93. The van der Waals surface area contributed by atoms with Crippen molar-refractivity contribution in [3.05, 3.63) is 35.4 Å². The van der Waals surface area contributed by atoms with Gasteiger partial charge in [0.15, 0.2) is 5.16 Å². The standard InChI is InChI=1S/C13H12ClFN4S/c14-11-16-12(19-7-3-4-8-19)18-13(17-11)20-10-6-2-1-5-9(10)15/h1-2,5-6H,3-4,7-8H2. The van der Waals surface area contributed by atoms with Crippen molar-refractivity contribution >= 4 is 29.3 Å². The molecule has 3 rings (SSSR count). The van der Waals surface area contributed by atoms with E-state index >= 15 is 0 Å². The van der Waals surface area contributed by atoms with Crippen LogP contribution in [0.3, 0.4) is 0 Å². The Balaban J connectivity index is 1.88. The van der Waals surface area contributed by atoms with E-state index in [1.165, 1.54) is 6.07 Å². The molecule has 0 unspecified atom stereocenters. The van der Waals surface area contributed by atoms with Crippen molar-refractivity contribution in [3.8, 4) is 0 Å². The number of hydrogen-bond acceptors (Lipinski definition) is 5. The lowest BCUT2D eigenvalue weighted by Crippen LogP contribution is -2.21. The van der Waals surface area contributed by atoms with E-state index in [0.29, 0.717) is 16.0 Å². The highest BCUT2D eigenvalue weighted by molar-refractivity contribution is 7.99. The van der Waals surface area contributed by atoms with E-state index < -0.39 is 0 Å². The minimum absolute atomic E-state index is 0.140. The first-order valence-corrected chi connectivity index (χ1v) is 7.51. The van der Waals surface area contributed by atoms with Crippen LogP contribution in [-0.2, 0) is 0 Å². The molecule has 1 aromatic carbocycles. The SMILES string of the molecule is Fc1ccccc1Sc1nc(Cl)nc(N2CCCC2)n1. The van der Waals surface area contributed by atoms with Crippen molar-refractivity contribution in [3.63, 3.8) is 0 Å². The predicted octanol–water partition coefficient (Wildman–Crippen LogP) is 3.42. The Morgan fingerprint density at radius 3 is 2.60 bits per heavy atom. The second-order valence-electron chi connectivity index (χ2n) is 4.41. The summed E-state index contributed by atoms with van der Waals surface area (Å²) in [6.07, 6.45) is 2.25. The van der Waals surface area contributed by atoms with E-state index in [4.69, 9.17) is 11.6 Å². The quantitative estimate of drug-likeness (QED) is 0.869. The number of aromatic nitrogens is 3. The van der Waals surface area contributed by atoms with Gasteiger partial charge in [0, 0.05) is 13.1 Å². The van der Waals surface area contributed by atoms with Crippen LogP contribution >= 0.6 is 23.4 Å². The molecule has 0 radical (unpaired) electrons. The lowest BCUT2D eigenvalue weighted by Gasteiger charge is -2.15. The van der Waals surface area contributed by atoms with Crippen LogP contribution in [0.15, 0.2) is 34.3 Å². The molecule has 20 heavy (non-hydrogen) atoms. The number of halogens is 2. The largest absolute Gasteiger partial charge is 0.341 e. The first-order valence-electron chi connectivity index (χ1n) is 6.31. The summed E-state index contributed by atoms with van der Waals surface area (Å²) < 4.78 is 13.6. The summed E-state index contributed by atoms with van der Waals surface area (Å²) in [7, 11) is 0. The smallest absolute Gasteiger partial charge is 0.230 e. The van der Waals surface area contributed by atoms with Gasteiger partial charge in [0.1, 0.15) is 5.82 Å². The van der Waals surface area contributed by atoms with Gasteiger partial charge < -0.3 is 4.90 Å². The fourth-order valence-electron chi connectivity index (χ4n) is 2.05. The van der Waals surface area contributed by atoms with Gasteiger partial charge in [-0.3, -0.25) is 0 Å². The number of anilines is 1. The summed E-state index contributed by atoms with van der Waals surface area (Å²) in [5.41, 5.74) is 0. The highest BCUT2D eigenvalue weighted by Gasteiger charge is 2.17. The van der Waals surface area contributed by atoms with Crippen LogP contribution in [0.5, 0.6) is 0 Å². The third kappa shape index (κ3) is 3.02. The van der Waals surface area contributed by atoms with E-state index in [0.717, 1.165) is 37.7 Å². The summed E-state index contributed by atoms with van der Waals surface area (Å²) in [5.74, 6) is 0.276. The first kappa shape index (κ1) is 13.6. The average molecular weight is 311 g/mol. The van der Waals surface area contributed by atoms with Gasteiger partial charge in [-0.1, -0.05) is 12.1 Å². The Morgan fingerprint density at radius 2 is 1.85 bits per heavy atom. The van der Waals surface area contributed by atoms with Crippen molar-refractivity contribution < 1.29 is 4.39 Å². The zero-order chi connectivity index (χ0) is 13.9. The van der Waals surface area contributed by atoms with Crippen LogP contribution < -0.4 is 4.90 Å². The van der Waals surface area contributed by atoms with Gasteiger partial charge in [-0.2, -0.15) is 15.0 Å². The van der Waals surface area contributed by atoms with Gasteiger partial charge in [-0.05, 0) is 48.3 Å². The maximum atomic E-state index is 13.6. The normalized spacial score (nSPS) is 14.8. The van der Waals surface area contributed by atoms with Crippen LogP contribution in [0.2, 0.25) is 5.28 Å². The molecule has 7 heteroatoms. The molecular formula is C13H12ClFN4S. The molecule has 0 N–H and O–H groups in total. The van der Waals surface area contributed by atoms with E-state index in [9.17, 15) is 4.39 Å². The number of rotatable bonds is 3. The fraction of sp³-hybridized carbons (Fsp3) is 0.308. The molecule has 2 heterocycles. The molecule has 1 saturated heterocycles. The Labute approximate surface area is 125 Å². The van der Waals surface area contributed by atoms with Crippen LogP contribution in [-0.4, -0.2) is 28.0 Å². The van der Waals surface area contributed by atoms with E-state index in [2.05, 4.69) is 19.9 Å². The maximum absolute atomic E-state index is 13.6. The predicted molar refractivity (Wildman–Crippen MR) is 76.8 cm³/mol. The second-order valence-corrected chi connectivity index (χ2v) is 5.76. The minimum atomic E-state index is -0.295. The van der Waals surface area contributed by atoms with Crippen molar-refractivity contribution in [1.29, 1.82) is 0 Å². The molecule has 0 bridgehead atoms. The third-order valence-electron chi connectivity index (χ3n) is 3.00. The Kier molecular flexibility index (Phi) is 4.03. The van der Waals surface area contributed by atoms with Gasteiger partial charge in [0.25, 0.3) is 0 Å². The van der Waals surface area contributed by atoms with Crippen LogP contribution in [0.1, 0.15) is 12.8 Å². The van der Waals surface area contributed by atoms with Crippen LogP contribution in [0.4, 0.5) is 10.3 Å². The number of benzene rings is 1. The highest BCUT2D eigenvalue weighted by atomic mass is 35.5. The molecular weight excluding hydrogens is 299 g/mol. The summed E-state index contributed by atoms with van der Waals surface area (Å²) in [6, 6.07) is 6.52. The average Bonchev–Trinajstić information content (AvgIpc) is 2.95. The first-order chi connectivity index (χ1) is 9.72. The van der Waals surface area contributed by atoms with Crippen molar-refractivity contribution in [2.45, 2.75) is 22.9 Å². The zero-order valence-corrected chi connectivity index (χ0v) is 12.2. The number of hydrogen-bond donors (Lipinski definition) is 0. The van der Waals surface area contributed by atoms with E-state index in [1.54, 1.807) is 18.2 Å². The van der Waals surface area contributed by atoms with Gasteiger partial charge in [-0.25, -0.2) is 4.39 Å². The van der Waals surface area contributed by atoms with Crippen LogP contribution in [0, 0.1) is 5.82 Å². The topological polar surface area (TPSA) is 41.9 Å². The van der Waals surface area contributed by atoms with Gasteiger partial charge >= 0.3 is 0 Å². The van der Waals surface area contributed by atoms with Crippen molar-refractivity contribution in [1.82, 2.24) is 15.0 Å². The summed E-state index contributed by atoms with van der Waals surface area (Å²) >= 11 is 7.09. The Hall–Kier alpha value is -1.40. The molecule has 0 aliphatic carbocycles. The molecule has 0 amide bonds. The lowest BCUT2D eigenvalue weighted by molar-refractivity contribution is 0.601. The molecule has 1 aromatic heterocycles. The lowest BCUT2D eigenvalue weighted by atomic mass is 10.4. The molecule has 1 aliphatic rings. The molecule has 1 aliphatic heterocycles. The highest BCUT2D eigenvalue weighted by Crippen LogP contribution is 2.29. The van der Waals surface area contributed by atoms with Gasteiger partial charge in [0.05, 0.1) is 4.90 Å². The molecule has 104 valence electrons. The zero-order valence-electron chi connectivity index (χ0n) is 10.6. The fourth-order valence-corrected chi connectivity index (χ4v) is 3.03. The molecule has 0 atom stereocenters. The van der Waals surface area contributed by atoms with Gasteiger partial charge in [0.2, 0.25) is 11.2 Å². The van der Waals surface area contributed by atoms with Crippen molar-refractivity contribution in [2.75, 3.05) is 18.0 Å². The van der Waals surface area contributed by atoms with Crippen LogP contribution in [0.25, 0.3) is 0 Å². The summed E-state index contributed by atoms with van der Waals surface area (Å²) in [6.45, 7) is 1.84. The minimum Gasteiger partial charge on any atom is -0.341 e. The molecule has 0 spiro atoms. The monoisotopic (exact) mass is 310 g/mol. The Morgan fingerprint density at radius 1 is 1.10 bits per heavy atom. The summed E-state index contributed by atoms with van der Waals surface area (Å²) in [5, 5.41) is 0.553. The molecule has 0 saturated carbocycles. The Bertz CT molecular complexity index is 619. The molecule has 1 fully saturated rings. The molecule has 4 nitrogen and oxygen atoms in total. The number of nitrogens with zero attached hydrogens (tertiary/aromatic N) is 4. The summed E-state index contributed by atoms with van der Waals surface area (Å²) in [4.78, 5) is 15.1. The van der Waals surface area contributed by atoms with E-state index in [-0.39, 0.29) is 11.1 Å². The van der Waals surface area contributed by atoms with Gasteiger partial charge in [-0.15, -0.1) is 0 Å².